The molecule has 1 N–H and O–H groups in total. The quantitative estimate of drug-likeness (QED) is 0.658. The Bertz CT molecular complexity index is 161. The maximum Gasteiger partial charge on any atom is 0.310 e. The number of rotatable bonds is 3. The normalized spacial score (nSPS) is 21.4. The van der Waals surface area contributed by atoms with Gasteiger partial charge in [-0.2, -0.15) is 0 Å². The van der Waals surface area contributed by atoms with Crippen molar-refractivity contribution in [1.29, 1.82) is 0 Å². The predicted molar refractivity (Wildman–Crippen MR) is 42.5 cm³/mol. The third kappa shape index (κ3) is 1.53. The maximum atomic E-state index is 10.8. The van der Waals surface area contributed by atoms with E-state index in [-0.39, 0.29) is 0 Å². The van der Waals surface area contributed by atoms with Crippen molar-refractivity contribution < 1.29 is 9.90 Å². The first-order valence-corrected chi connectivity index (χ1v) is 3.95. The van der Waals surface area contributed by atoms with Gasteiger partial charge in [0.05, 0.1) is 5.41 Å². The minimum Gasteiger partial charge on any atom is -0.481 e. The Morgan fingerprint density at radius 2 is 2.09 bits per heavy atom. The van der Waals surface area contributed by atoms with Crippen molar-refractivity contribution in [3.05, 3.63) is 0 Å². The van der Waals surface area contributed by atoms with Gasteiger partial charge >= 0.3 is 5.97 Å². The second-order valence-electron chi connectivity index (χ2n) is 3.68. The molecule has 0 spiro atoms. The topological polar surface area (TPSA) is 40.5 Å². The van der Waals surface area contributed by atoms with Gasteiger partial charge in [-0.25, -0.2) is 0 Å². The van der Waals surface area contributed by atoms with Crippen LogP contribution in [0.15, 0.2) is 0 Å². The number of hydrogen-bond donors (Lipinski definition) is 1. The smallest absolute Gasteiger partial charge is 0.310 e. The SMILES string of the molecule is CN(C)CC1(C(=O)O)CCC1. The second-order valence-corrected chi connectivity index (χ2v) is 3.68. The summed E-state index contributed by atoms with van der Waals surface area (Å²) in [7, 11) is 3.84. The first-order valence-electron chi connectivity index (χ1n) is 3.95. The number of hydrogen-bond acceptors (Lipinski definition) is 2. The molecule has 0 saturated heterocycles. The molecule has 0 aromatic rings. The third-order valence-electron chi connectivity index (χ3n) is 2.38. The van der Waals surface area contributed by atoms with E-state index >= 15 is 0 Å². The molecular weight excluding hydrogens is 142 g/mol. The maximum absolute atomic E-state index is 10.8. The van der Waals surface area contributed by atoms with E-state index in [0.29, 0.717) is 6.54 Å². The molecule has 0 heterocycles. The van der Waals surface area contributed by atoms with Crippen molar-refractivity contribution >= 4 is 5.97 Å². The fourth-order valence-corrected chi connectivity index (χ4v) is 1.65. The highest BCUT2D eigenvalue weighted by molar-refractivity contribution is 5.76. The Hall–Kier alpha value is -0.570. The van der Waals surface area contributed by atoms with Gasteiger partial charge in [0.1, 0.15) is 0 Å². The Labute approximate surface area is 67.0 Å². The second kappa shape index (κ2) is 2.81. The van der Waals surface area contributed by atoms with Crippen LogP contribution in [-0.4, -0.2) is 36.6 Å². The van der Waals surface area contributed by atoms with Crippen LogP contribution < -0.4 is 0 Å². The number of carboxylic acids is 1. The predicted octanol–water partition coefficient (Wildman–Crippen LogP) is 0.803. The van der Waals surface area contributed by atoms with E-state index in [1.54, 1.807) is 0 Å². The Morgan fingerprint density at radius 3 is 2.18 bits per heavy atom. The molecule has 3 nitrogen and oxygen atoms in total. The average molecular weight is 157 g/mol. The van der Waals surface area contributed by atoms with Crippen LogP contribution in [-0.2, 0) is 4.79 Å². The van der Waals surface area contributed by atoms with E-state index in [0.717, 1.165) is 19.3 Å². The first kappa shape index (κ1) is 8.53. The zero-order chi connectivity index (χ0) is 8.48. The van der Waals surface area contributed by atoms with Gasteiger partial charge in [0.25, 0.3) is 0 Å². The molecule has 1 saturated carbocycles. The first-order chi connectivity index (χ1) is 5.07. The lowest BCUT2D eigenvalue weighted by Gasteiger charge is -2.39. The van der Waals surface area contributed by atoms with Crippen LogP contribution in [0.2, 0.25) is 0 Å². The molecule has 1 rings (SSSR count). The van der Waals surface area contributed by atoms with Crippen molar-refractivity contribution in [3.8, 4) is 0 Å². The van der Waals surface area contributed by atoms with Crippen LogP contribution in [0.5, 0.6) is 0 Å². The van der Waals surface area contributed by atoms with Gasteiger partial charge in [0, 0.05) is 6.54 Å². The van der Waals surface area contributed by atoms with Gasteiger partial charge in [-0.1, -0.05) is 6.42 Å². The van der Waals surface area contributed by atoms with Crippen molar-refractivity contribution in [2.45, 2.75) is 19.3 Å². The number of carboxylic acid groups (broad SMARTS) is 1. The Morgan fingerprint density at radius 1 is 1.55 bits per heavy atom. The molecule has 11 heavy (non-hydrogen) atoms. The molecule has 0 atom stereocenters. The minimum absolute atomic E-state index is 0.413. The molecule has 0 amide bonds. The van der Waals surface area contributed by atoms with Gasteiger partial charge in [0.2, 0.25) is 0 Å². The highest BCUT2D eigenvalue weighted by atomic mass is 16.4. The van der Waals surface area contributed by atoms with E-state index in [4.69, 9.17) is 5.11 Å². The van der Waals surface area contributed by atoms with E-state index in [9.17, 15) is 4.79 Å². The van der Waals surface area contributed by atoms with Crippen molar-refractivity contribution in [2.24, 2.45) is 5.41 Å². The van der Waals surface area contributed by atoms with E-state index in [1.165, 1.54) is 0 Å². The van der Waals surface area contributed by atoms with Crippen molar-refractivity contribution in [1.82, 2.24) is 4.90 Å². The van der Waals surface area contributed by atoms with Gasteiger partial charge in [-0.3, -0.25) is 4.79 Å². The molecule has 0 aliphatic heterocycles. The lowest BCUT2D eigenvalue weighted by atomic mass is 9.68. The molecule has 1 aliphatic carbocycles. The largest absolute Gasteiger partial charge is 0.481 e. The van der Waals surface area contributed by atoms with Gasteiger partial charge < -0.3 is 10.0 Å². The molecule has 64 valence electrons. The zero-order valence-electron chi connectivity index (χ0n) is 7.13. The molecule has 0 radical (unpaired) electrons. The zero-order valence-corrected chi connectivity index (χ0v) is 7.13. The fraction of sp³-hybridized carbons (Fsp3) is 0.875. The molecule has 1 aliphatic rings. The van der Waals surface area contributed by atoms with E-state index < -0.39 is 11.4 Å². The summed E-state index contributed by atoms with van der Waals surface area (Å²) in [6.07, 6.45) is 2.77. The summed E-state index contributed by atoms with van der Waals surface area (Å²) >= 11 is 0. The number of carbonyl (C=O) groups is 1. The lowest BCUT2D eigenvalue weighted by Crippen LogP contribution is -2.45. The summed E-state index contributed by atoms with van der Waals surface area (Å²) in [5.74, 6) is -0.627. The van der Waals surface area contributed by atoms with Crippen LogP contribution >= 0.6 is 0 Å². The van der Waals surface area contributed by atoms with Crippen LogP contribution in [0, 0.1) is 5.41 Å². The average Bonchev–Trinajstić information content (AvgIpc) is 1.77. The standard InChI is InChI=1S/C8H15NO2/c1-9(2)6-8(7(10)11)4-3-5-8/h3-6H2,1-2H3,(H,10,11). The highest BCUT2D eigenvalue weighted by Crippen LogP contribution is 2.41. The summed E-state index contributed by atoms with van der Waals surface area (Å²) in [6, 6.07) is 0. The Kier molecular flexibility index (Phi) is 2.18. The van der Waals surface area contributed by atoms with Gasteiger partial charge in [-0.15, -0.1) is 0 Å². The lowest BCUT2D eigenvalue weighted by molar-refractivity contribution is -0.155. The van der Waals surface area contributed by atoms with E-state index in [1.807, 2.05) is 19.0 Å². The summed E-state index contributed by atoms with van der Waals surface area (Å²) in [5.41, 5.74) is -0.413. The third-order valence-corrected chi connectivity index (χ3v) is 2.38. The monoisotopic (exact) mass is 157 g/mol. The Balaban J connectivity index is 2.54. The van der Waals surface area contributed by atoms with Crippen LogP contribution in [0.3, 0.4) is 0 Å². The molecule has 0 bridgehead atoms. The summed E-state index contributed by atoms with van der Waals surface area (Å²) < 4.78 is 0. The van der Waals surface area contributed by atoms with Gasteiger partial charge in [0.15, 0.2) is 0 Å². The van der Waals surface area contributed by atoms with Crippen LogP contribution in [0.25, 0.3) is 0 Å². The van der Waals surface area contributed by atoms with Crippen molar-refractivity contribution in [3.63, 3.8) is 0 Å². The van der Waals surface area contributed by atoms with Crippen LogP contribution in [0.1, 0.15) is 19.3 Å². The summed E-state index contributed by atoms with van der Waals surface area (Å²) in [6.45, 7) is 0.683. The molecule has 0 unspecified atom stereocenters. The van der Waals surface area contributed by atoms with Crippen molar-refractivity contribution in [2.75, 3.05) is 20.6 Å². The number of aliphatic carboxylic acids is 1. The van der Waals surface area contributed by atoms with Gasteiger partial charge in [-0.05, 0) is 26.9 Å². The van der Waals surface area contributed by atoms with Crippen LogP contribution in [0.4, 0.5) is 0 Å². The summed E-state index contributed by atoms with van der Waals surface area (Å²) in [4.78, 5) is 12.8. The molecule has 1 fully saturated rings. The fourth-order valence-electron chi connectivity index (χ4n) is 1.65. The molecule has 3 heteroatoms. The number of nitrogens with zero attached hydrogens (tertiary/aromatic N) is 1. The molecule has 0 aromatic carbocycles. The molecular formula is C8H15NO2. The minimum atomic E-state index is -0.627. The van der Waals surface area contributed by atoms with E-state index in [2.05, 4.69) is 0 Å². The highest BCUT2D eigenvalue weighted by Gasteiger charge is 2.44. The molecule has 0 aromatic heterocycles. The summed E-state index contributed by atoms with van der Waals surface area (Å²) in [5, 5.41) is 8.91.